The zero-order chi connectivity index (χ0) is 13.8. The number of carbonyl (C=O) groups excluding carboxylic acids is 2. The summed E-state index contributed by atoms with van der Waals surface area (Å²) in [7, 11) is 1.57. The first-order chi connectivity index (χ1) is 8.67. The van der Waals surface area contributed by atoms with Crippen molar-refractivity contribution in [2.75, 3.05) is 20.3 Å². The highest BCUT2D eigenvalue weighted by atomic mass is 16.6. The molecule has 0 aliphatic carbocycles. The van der Waals surface area contributed by atoms with E-state index in [0.29, 0.717) is 12.8 Å². The predicted molar refractivity (Wildman–Crippen MR) is 66.8 cm³/mol. The molecule has 0 saturated heterocycles. The fourth-order valence-corrected chi connectivity index (χ4v) is 1.42. The summed E-state index contributed by atoms with van der Waals surface area (Å²) in [6, 6.07) is 0. The Hall–Kier alpha value is -1.52. The van der Waals surface area contributed by atoms with Gasteiger partial charge < -0.3 is 14.2 Å². The van der Waals surface area contributed by atoms with Crippen LogP contribution in [0.1, 0.15) is 33.1 Å². The van der Waals surface area contributed by atoms with E-state index in [0.717, 1.165) is 6.42 Å². The average Bonchev–Trinajstić information content (AvgIpc) is 2.34. The van der Waals surface area contributed by atoms with Crippen molar-refractivity contribution < 1.29 is 23.8 Å². The zero-order valence-corrected chi connectivity index (χ0v) is 11.3. The lowest BCUT2D eigenvalue weighted by Crippen LogP contribution is -2.28. The molecule has 5 heteroatoms. The van der Waals surface area contributed by atoms with Crippen LogP contribution < -0.4 is 0 Å². The quantitative estimate of drug-likeness (QED) is 0.274. The van der Waals surface area contributed by atoms with Gasteiger partial charge in [-0.25, -0.2) is 0 Å². The molecule has 0 aromatic heterocycles. The fraction of sp³-hybridized carbons (Fsp3) is 0.692. The Morgan fingerprint density at radius 3 is 2.11 bits per heavy atom. The maximum absolute atomic E-state index is 11.6. The molecule has 0 radical (unpaired) electrons. The second kappa shape index (κ2) is 10.6. The molecule has 18 heavy (non-hydrogen) atoms. The SMILES string of the molecule is CCOC(=O)C(CCC/C=C\OC)C(=O)OCC. The van der Waals surface area contributed by atoms with Gasteiger partial charge in [-0.15, -0.1) is 0 Å². The second-order valence-corrected chi connectivity index (χ2v) is 3.60. The molecule has 0 unspecified atom stereocenters. The van der Waals surface area contributed by atoms with Gasteiger partial charge in [-0.05, 0) is 39.2 Å². The molecule has 0 rings (SSSR count). The fourth-order valence-electron chi connectivity index (χ4n) is 1.42. The molecule has 0 aromatic rings. The normalized spacial score (nSPS) is 10.7. The van der Waals surface area contributed by atoms with E-state index in [-0.39, 0.29) is 13.2 Å². The highest BCUT2D eigenvalue weighted by molar-refractivity contribution is 5.94. The lowest BCUT2D eigenvalue weighted by atomic mass is 10.0. The van der Waals surface area contributed by atoms with Crippen molar-refractivity contribution in [2.24, 2.45) is 5.92 Å². The maximum atomic E-state index is 11.6. The molecule has 0 heterocycles. The van der Waals surface area contributed by atoms with Crippen LogP contribution in [-0.2, 0) is 23.8 Å². The number of allylic oxidation sites excluding steroid dienone is 1. The van der Waals surface area contributed by atoms with Crippen LogP contribution >= 0.6 is 0 Å². The molecule has 104 valence electrons. The molecule has 0 atom stereocenters. The smallest absolute Gasteiger partial charge is 0.320 e. The van der Waals surface area contributed by atoms with Gasteiger partial charge in [0.15, 0.2) is 5.92 Å². The summed E-state index contributed by atoms with van der Waals surface area (Å²) in [6.45, 7) is 3.94. The van der Waals surface area contributed by atoms with E-state index in [9.17, 15) is 9.59 Å². The van der Waals surface area contributed by atoms with Crippen LogP contribution in [0.3, 0.4) is 0 Å². The number of methoxy groups -OCH3 is 1. The van der Waals surface area contributed by atoms with Gasteiger partial charge >= 0.3 is 11.9 Å². The van der Waals surface area contributed by atoms with E-state index in [1.54, 1.807) is 27.2 Å². The van der Waals surface area contributed by atoms with Crippen molar-refractivity contribution in [1.82, 2.24) is 0 Å². The van der Waals surface area contributed by atoms with Crippen LogP contribution in [-0.4, -0.2) is 32.3 Å². The van der Waals surface area contributed by atoms with Crippen molar-refractivity contribution >= 4 is 11.9 Å². The third-order valence-corrected chi connectivity index (χ3v) is 2.24. The standard InChI is InChI=1S/C13H22O5/c1-4-17-12(14)11(13(15)18-5-2)9-7-6-8-10-16-3/h8,10-11H,4-7,9H2,1-3H3/b10-8-. The van der Waals surface area contributed by atoms with Crippen LogP contribution in [0.15, 0.2) is 12.3 Å². The Kier molecular flexibility index (Phi) is 9.73. The van der Waals surface area contributed by atoms with Gasteiger partial charge in [0, 0.05) is 0 Å². The Labute approximate surface area is 108 Å². The summed E-state index contributed by atoms with van der Waals surface area (Å²) in [5, 5.41) is 0. The third kappa shape index (κ3) is 6.93. The highest BCUT2D eigenvalue weighted by Gasteiger charge is 2.28. The molecule has 0 fully saturated rings. The summed E-state index contributed by atoms with van der Waals surface area (Å²) in [5.41, 5.74) is 0. The summed E-state index contributed by atoms with van der Waals surface area (Å²) in [4.78, 5) is 23.2. The van der Waals surface area contributed by atoms with Gasteiger partial charge in [-0.1, -0.05) is 0 Å². The van der Waals surface area contributed by atoms with Gasteiger partial charge in [0.2, 0.25) is 0 Å². The molecule has 0 bridgehead atoms. The predicted octanol–water partition coefficient (Wildman–Crippen LogP) is 2.06. The van der Waals surface area contributed by atoms with Crippen LogP contribution in [0.2, 0.25) is 0 Å². The number of ether oxygens (including phenoxy) is 3. The lowest BCUT2D eigenvalue weighted by molar-refractivity contribution is -0.161. The molecule has 0 aliphatic rings. The number of carbonyl (C=O) groups is 2. The Balaban J connectivity index is 4.24. The van der Waals surface area contributed by atoms with Crippen molar-refractivity contribution in [3.05, 3.63) is 12.3 Å². The van der Waals surface area contributed by atoms with Crippen LogP contribution in [0.4, 0.5) is 0 Å². The van der Waals surface area contributed by atoms with Crippen LogP contribution in [0.25, 0.3) is 0 Å². The number of hydrogen-bond acceptors (Lipinski definition) is 5. The molecule has 0 aliphatic heterocycles. The van der Waals surface area contributed by atoms with E-state index in [4.69, 9.17) is 14.2 Å². The molecule has 0 amide bonds. The molecular weight excluding hydrogens is 236 g/mol. The van der Waals surface area contributed by atoms with Gasteiger partial charge in [0.25, 0.3) is 0 Å². The zero-order valence-electron chi connectivity index (χ0n) is 11.3. The molecule has 0 aromatic carbocycles. The van der Waals surface area contributed by atoms with Gasteiger partial charge in [0.05, 0.1) is 26.6 Å². The third-order valence-electron chi connectivity index (χ3n) is 2.24. The summed E-state index contributed by atoms with van der Waals surface area (Å²) in [5.74, 6) is -1.83. The number of hydrogen-bond donors (Lipinski definition) is 0. The van der Waals surface area contributed by atoms with E-state index in [1.165, 1.54) is 0 Å². The highest BCUT2D eigenvalue weighted by Crippen LogP contribution is 2.13. The minimum atomic E-state index is -0.819. The van der Waals surface area contributed by atoms with E-state index in [1.807, 2.05) is 6.08 Å². The minimum Gasteiger partial charge on any atom is -0.505 e. The van der Waals surface area contributed by atoms with Crippen molar-refractivity contribution in [2.45, 2.75) is 33.1 Å². The summed E-state index contributed by atoms with van der Waals surface area (Å²) >= 11 is 0. The number of unbranched alkanes of at least 4 members (excludes halogenated alkanes) is 1. The monoisotopic (exact) mass is 258 g/mol. The van der Waals surface area contributed by atoms with E-state index < -0.39 is 17.9 Å². The van der Waals surface area contributed by atoms with E-state index >= 15 is 0 Å². The van der Waals surface area contributed by atoms with E-state index in [2.05, 4.69) is 0 Å². The van der Waals surface area contributed by atoms with Gasteiger partial charge in [-0.3, -0.25) is 9.59 Å². The molecule has 0 saturated carbocycles. The van der Waals surface area contributed by atoms with Gasteiger partial charge in [-0.2, -0.15) is 0 Å². The van der Waals surface area contributed by atoms with Crippen LogP contribution in [0, 0.1) is 5.92 Å². The topological polar surface area (TPSA) is 61.8 Å². The summed E-state index contributed by atoms with van der Waals surface area (Å²) in [6.07, 6.45) is 5.27. The first-order valence-corrected chi connectivity index (χ1v) is 6.18. The van der Waals surface area contributed by atoms with Crippen molar-refractivity contribution in [3.63, 3.8) is 0 Å². The van der Waals surface area contributed by atoms with Crippen molar-refractivity contribution in [3.8, 4) is 0 Å². The lowest BCUT2D eigenvalue weighted by Gasteiger charge is -2.13. The molecular formula is C13H22O5. The molecule has 0 spiro atoms. The Bertz CT molecular complexity index is 255. The molecule has 0 N–H and O–H groups in total. The Morgan fingerprint density at radius 1 is 1.11 bits per heavy atom. The van der Waals surface area contributed by atoms with Crippen molar-refractivity contribution in [1.29, 1.82) is 0 Å². The minimum absolute atomic E-state index is 0.262. The maximum Gasteiger partial charge on any atom is 0.320 e. The number of rotatable bonds is 9. The average molecular weight is 258 g/mol. The largest absolute Gasteiger partial charge is 0.505 e. The molecule has 5 nitrogen and oxygen atoms in total. The first-order valence-electron chi connectivity index (χ1n) is 6.18. The number of esters is 2. The second-order valence-electron chi connectivity index (χ2n) is 3.60. The van der Waals surface area contributed by atoms with Crippen LogP contribution in [0.5, 0.6) is 0 Å². The first kappa shape index (κ1) is 16.5. The summed E-state index contributed by atoms with van der Waals surface area (Å²) < 4.78 is 14.5. The Morgan fingerprint density at radius 2 is 1.67 bits per heavy atom. The van der Waals surface area contributed by atoms with Gasteiger partial charge in [0.1, 0.15) is 0 Å².